The van der Waals surface area contributed by atoms with Crippen molar-refractivity contribution < 1.29 is 14.3 Å². The molecule has 1 saturated heterocycles. The third kappa shape index (κ3) is 3.61. The lowest BCUT2D eigenvalue weighted by atomic mass is 9.93. The molecule has 0 aromatic heterocycles. The number of hydrogen-bond donors (Lipinski definition) is 0. The maximum absolute atomic E-state index is 12.8. The van der Waals surface area contributed by atoms with Crippen molar-refractivity contribution in [3.63, 3.8) is 0 Å². The van der Waals surface area contributed by atoms with Crippen molar-refractivity contribution in [2.24, 2.45) is 0 Å². The van der Waals surface area contributed by atoms with Crippen LogP contribution in [-0.2, 0) is 14.3 Å². The Morgan fingerprint density at radius 3 is 2.46 bits per heavy atom. The first-order valence-corrected chi connectivity index (χ1v) is 8.86. The van der Waals surface area contributed by atoms with Crippen molar-refractivity contribution in [2.75, 3.05) is 26.7 Å². The molecule has 1 atom stereocenters. The summed E-state index contributed by atoms with van der Waals surface area (Å²) in [5.41, 5.74) is 0.826. The molecule has 0 radical (unpaired) electrons. The van der Waals surface area contributed by atoms with Gasteiger partial charge in [-0.25, -0.2) is 0 Å². The summed E-state index contributed by atoms with van der Waals surface area (Å²) in [6, 6.07) is 9.82. The van der Waals surface area contributed by atoms with Crippen LogP contribution in [0.2, 0.25) is 0 Å². The zero-order valence-corrected chi connectivity index (χ0v) is 14.3. The van der Waals surface area contributed by atoms with E-state index in [0.717, 1.165) is 18.4 Å². The van der Waals surface area contributed by atoms with Gasteiger partial charge in [-0.05, 0) is 18.4 Å². The van der Waals surface area contributed by atoms with Crippen LogP contribution < -0.4 is 0 Å². The fraction of sp³-hybridized carbons (Fsp3) is 0.579. The first-order chi connectivity index (χ1) is 11.7. The van der Waals surface area contributed by atoms with Gasteiger partial charge in [-0.1, -0.05) is 49.6 Å². The number of amides is 2. The summed E-state index contributed by atoms with van der Waals surface area (Å²) in [6.07, 6.45) is 5.25. The maximum atomic E-state index is 12.8. The summed E-state index contributed by atoms with van der Waals surface area (Å²) in [5, 5.41) is 0. The Bertz CT molecular complexity index is 569. The van der Waals surface area contributed by atoms with Gasteiger partial charge < -0.3 is 14.5 Å². The molecule has 3 rings (SSSR count). The molecule has 1 aliphatic carbocycles. The Kier molecular flexibility index (Phi) is 5.51. The Hall–Kier alpha value is -1.88. The Morgan fingerprint density at radius 2 is 1.83 bits per heavy atom. The number of rotatable bonds is 4. The maximum Gasteiger partial charge on any atom is 0.256 e. The van der Waals surface area contributed by atoms with E-state index in [1.54, 1.807) is 4.90 Å². The number of nitrogens with zero attached hydrogens (tertiary/aromatic N) is 2. The lowest BCUT2D eigenvalue weighted by molar-refractivity contribution is -0.153. The minimum Gasteiger partial charge on any atom is -0.367 e. The van der Waals surface area contributed by atoms with E-state index >= 15 is 0 Å². The average molecular weight is 330 g/mol. The molecule has 5 heteroatoms. The molecule has 0 spiro atoms. The van der Waals surface area contributed by atoms with Gasteiger partial charge in [-0.3, -0.25) is 9.59 Å². The molecular formula is C19H26N2O3. The molecule has 2 fully saturated rings. The fourth-order valence-corrected chi connectivity index (χ4v) is 3.83. The van der Waals surface area contributed by atoms with E-state index in [0.29, 0.717) is 19.1 Å². The van der Waals surface area contributed by atoms with Gasteiger partial charge in [0.15, 0.2) is 6.10 Å². The largest absolute Gasteiger partial charge is 0.367 e. The van der Waals surface area contributed by atoms with Crippen molar-refractivity contribution in [1.82, 2.24) is 9.80 Å². The quantitative estimate of drug-likeness (QED) is 0.852. The number of piperazine rings is 1. The van der Waals surface area contributed by atoms with Gasteiger partial charge in [0.25, 0.3) is 5.91 Å². The van der Waals surface area contributed by atoms with Crippen molar-refractivity contribution >= 4 is 11.8 Å². The number of methoxy groups -OCH3 is 1. The molecule has 1 aromatic carbocycles. The van der Waals surface area contributed by atoms with E-state index in [1.807, 2.05) is 35.2 Å². The molecule has 2 aliphatic rings. The second-order valence-electron chi connectivity index (χ2n) is 6.67. The van der Waals surface area contributed by atoms with Gasteiger partial charge in [0.2, 0.25) is 5.91 Å². The molecule has 1 heterocycles. The minimum absolute atomic E-state index is 0.0735. The summed E-state index contributed by atoms with van der Waals surface area (Å²) in [5.74, 6) is -0.0511. The first kappa shape index (κ1) is 17.0. The van der Waals surface area contributed by atoms with Crippen LogP contribution in [0.5, 0.6) is 0 Å². The molecule has 0 bridgehead atoms. The Labute approximate surface area is 143 Å². The zero-order valence-electron chi connectivity index (χ0n) is 14.3. The highest BCUT2D eigenvalue weighted by atomic mass is 16.5. The van der Waals surface area contributed by atoms with E-state index < -0.39 is 6.10 Å². The highest BCUT2D eigenvalue weighted by molar-refractivity contribution is 5.88. The zero-order chi connectivity index (χ0) is 16.9. The molecule has 1 aliphatic heterocycles. The monoisotopic (exact) mass is 330 g/mol. The highest BCUT2D eigenvalue weighted by Gasteiger charge is 2.34. The fourth-order valence-electron chi connectivity index (χ4n) is 3.83. The van der Waals surface area contributed by atoms with E-state index in [4.69, 9.17) is 4.74 Å². The lowest BCUT2D eigenvalue weighted by Gasteiger charge is -2.41. The van der Waals surface area contributed by atoms with Crippen LogP contribution in [0.15, 0.2) is 30.3 Å². The van der Waals surface area contributed by atoms with Crippen LogP contribution in [0, 0.1) is 0 Å². The van der Waals surface area contributed by atoms with Gasteiger partial charge in [-0.2, -0.15) is 0 Å². The number of benzene rings is 1. The topological polar surface area (TPSA) is 49.9 Å². The van der Waals surface area contributed by atoms with Crippen molar-refractivity contribution in [2.45, 2.75) is 44.2 Å². The van der Waals surface area contributed by atoms with Gasteiger partial charge in [0.1, 0.15) is 0 Å². The van der Waals surface area contributed by atoms with E-state index in [9.17, 15) is 9.59 Å². The SMILES string of the molecule is CO[C@H](C(=O)N1CCN(C2CCCCC2)C(=O)C1)c1ccccc1. The summed E-state index contributed by atoms with van der Waals surface area (Å²) in [4.78, 5) is 29.0. The Balaban J connectivity index is 1.64. The van der Waals surface area contributed by atoms with Crippen LogP contribution in [0.3, 0.4) is 0 Å². The minimum atomic E-state index is -0.639. The third-order valence-electron chi connectivity index (χ3n) is 5.15. The predicted molar refractivity (Wildman–Crippen MR) is 91.4 cm³/mol. The van der Waals surface area contributed by atoms with Gasteiger partial charge >= 0.3 is 0 Å². The number of ether oxygens (including phenoxy) is 1. The molecule has 0 unspecified atom stereocenters. The molecule has 24 heavy (non-hydrogen) atoms. The van der Waals surface area contributed by atoms with Crippen molar-refractivity contribution in [3.05, 3.63) is 35.9 Å². The van der Waals surface area contributed by atoms with E-state index in [-0.39, 0.29) is 18.4 Å². The summed E-state index contributed by atoms with van der Waals surface area (Å²) in [7, 11) is 1.54. The molecular weight excluding hydrogens is 304 g/mol. The van der Waals surface area contributed by atoms with E-state index in [2.05, 4.69) is 0 Å². The second kappa shape index (κ2) is 7.79. The summed E-state index contributed by atoms with van der Waals surface area (Å²) >= 11 is 0. The average Bonchev–Trinajstić information content (AvgIpc) is 2.64. The third-order valence-corrected chi connectivity index (χ3v) is 5.15. The molecule has 5 nitrogen and oxygen atoms in total. The van der Waals surface area contributed by atoms with Crippen LogP contribution in [0.4, 0.5) is 0 Å². The lowest BCUT2D eigenvalue weighted by Crippen LogP contribution is -2.56. The number of carbonyl (C=O) groups excluding carboxylic acids is 2. The standard InChI is InChI=1S/C19H26N2O3/c1-24-18(15-8-4-2-5-9-15)19(23)20-12-13-21(17(22)14-20)16-10-6-3-7-11-16/h2,4-5,8-9,16,18H,3,6-7,10-14H2,1H3/t18-/m0/s1. The van der Waals surface area contributed by atoms with Crippen molar-refractivity contribution in [1.29, 1.82) is 0 Å². The smallest absolute Gasteiger partial charge is 0.256 e. The highest BCUT2D eigenvalue weighted by Crippen LogP contribution is 2.25. The molecule has 130 valence electrons. The molecule has 0 N–H and O–H groups in total. The van der Waals surface area contributed by atoms with Crippen LogP contribution in [0.1, 0.15) is 43.8 Å². The second-order valence-corrected chi connectivity index (χ2v) is 6.67. The number of carbonyl (C=O) groups is 2. The van der Waals surface area contributed by atoms with Gasteiger partial charge in [-0.15, -0.1) is 0 Å². The van der Waals surface area contributed by atoms with Gasteiger partial charge in [0, 0.05) is 26.2 Å². The first-order valence-electron chi connectivity index (χ1n) is 8.86. The normalized spacial score (nSPS) is 21.0. The van der Waals surface area contributed by atoms with Gasteiger partial charge in [0.05, 0.1) is 6.54 Å². The van der Waals surface area contributed by atoms with Crippen molar-refractivity contribution in [3.8, 4) is 0 Å². The summed E-state index contributed by atoms with van der Waals surface area (Å²) in [6.45, 7) is 1.40. The summed E-state index contributed by atoms with van der Waals surface area (Å²) < 4.78 is 5.41. The molecule has 1 aromatic rings. The molecule has 2 amide bonds. The van der Waals surface area contributed by atoms with E-state index in [1.165, 1.54) is 26.4 Å². The predicted octanol–water partition coefficient (Wildman–Crippen LogP) is 2.38. The van der Waals surface area contributed by atoms with Crippen LogP contribution in [0.25, 0.3) is 0 Å². The Morgan fingerprint density at radius 1 is 1.12 bits per heavy atom. The number of hydrogen-bond acceptors (Lipinski definition) is 3. The van der Waals surface area contributed by atoms with Crippen LogP contribution >= 0.6 is 0 Å². The molecule has 1 saturated carbocycles. The van der Waals surface area contributed by atoms with Crippen LogP contribution in [-0.4, -0.2) is 54.4 Å².